The summed E-state index contributed by atoms with van der Waals surface area (Å²) in [6, 6.07) is 8.96. The van der Waals surface area contributed by atoms with Gasteiger partial charge in [-0.2, -0.15) is 0 Å². The summed E-state index contributed by atoms with van der Waals surface area (Å²) in [6.07, 6.45) is 0. The molecule has 72 valence electrons. The van der Waals surface area contributed by atoms with Crippen molar-refractivity contribution in [2.75, 3.05) is 0 Å². The van der Waals surface area contributed by atoms with E-state index in [1.165, 1.54) is 27.4 Å². The molecular weight excluding hydrogens is 178 g/mol. The SMILES string of the molecule is Cc1ccc([CH]([AlH2])C(C)C)cc1.F. The lowest BCUT2D eigenvalue weighted by Gasteiger charge is -2.15. The Morgan fingerprint density at radius 1 is 1.08 bits per heavy atom. The highest BCUT2D eigenvalue weighted by Gasteiger charge is 2.08. The van der Waals surface area contributed by atoms with Crippen LogP contribution < -0.4 is 0 Å². The minimum Gasteiger partial charge on any atom is -0.269 e. The average molecular weight is 196 g/mol. The lowest BCUT2D eigenvalue weighted by Crippen LogP contribution is -2.05. The molecule has 1 atom stereocenters. The summed E-state index contributed by atoms with van der Waals surface area (Å²) in [5.41, 5.74) is 2.87. The Labute approximate surface area is 88.1 Å². The Morgan fingerprint density at radius 3 is 1.92 bits per heavy atom. The topological polar surface area (TPSA) is 0 Å². The van der Waals surface area contributed by atoms with E-state index < -0.39 is 0 Å². The average Bonchev–Trinajstić information content (AvgIpc) is 2.04. The van der Waals surface area contributed by atoms with E-state index >= 15 is 0 Å². The predicted octanol–water partition coefficient (Wildman–Crippen LogP) is 2.48. The molecule has 0 aliphatic rings. The van der Waals surface area contributed by atoms with Gasteiger partial charge in [0, 0.05) is 0 Å². The Balaban J connectivity index is 0.00000144. The van der Waals surface area contributed by atoms with Gasteiger partial charge in [-0.1, -0.05) is 59.9 Å². The van der Waals surface area contributed by atoms with Crippen LogP contribution in [0.5, 0.6) is 0 Å². The second-order valence-corrected chi connectivity index (χ2v) is 5.19. The van der Waals surface area contributed by atoms with Gasteiger partial charge in [0.2, 0.25) is 16.3 Å². The maximum atomic E-state index is 2.30. The van der Waals surface area contributed by atoms with Gasteiger partial charge in [-0.15, -0.1) is 0 Å². The summed E-state index contributed by atoms with van der Waals surface area (Å²) in [4.78, 5) is 0. The molecule has 1 unspecified atom stereocenters. The summed E-state index contributed by atoms with van der Waals surface area (Å²) in [7, 11) is 0. The Kier molecular flexibility index (Phi) is 5.29. The van der Waals surface area contributed by atoms with Crippen LogP contribution in [0, 0.1) is 12.8 Å². The molecule has 0 saturated carbocycles. The Bertz CT molecular complexity index is 241. The largest absolute Gasteiger partial charge is 0.269 e. The molecule has 0 fully saturated rings. The van der Waals surface area contributed by atoms with Crippen molar-refractivity contribution in [3.8, 4) is 0 Å². The summed E-state index contributed by atoms with van der Waals surface area (Å²) in [5, 5.41) is 0. The van der Waals surface area contributed by atoms with Crippen LogP contribution >= 0.6 is 0 Å². The molecule has 0 amide bonds. The van der Waals surface area contributed by atoms with E-state index in [2.05, 4.69) is 45.0 Å². The van der Waals surface area contributed by atoms with E-state index in [0.29, 0.717) is 0 Å². The molecule has 1 aromatic carbocycles. The van der Waals surface area contributed by atoms with Crippen molar-refractivity contribution in [3.63, 3.8) is 0 Å². The highest BCUT2D eigenvalue weighted by atomic mass is 27.0. The minimum absolute atomic E-state index is 0. The van der Waals surface area contributed by atoms with Crippen LogP contribution in [-0.2, 0) is 0 Å². The van der Waals surface area contributed by atoms with Crippen LogP contribution in [-0.4, -0.2) is 16.3 Å². The van der Waals surface area contributed by atoms with Gasteiger partial charge in [0.05, 0.1) is 0 Å². The van der Waals surface area contributed by atoms with Gasteiger partial charge < -0.3 is 0 Å². The molecule has 0 aliphatic heterocycles. The fourth-order valence-electron chi connectivity index (χ4n) is 1.25. The molecule has 0 saturated heterocycles. The molecule has 13 heavy (non-hydrogen) atoms. The second kappa shape index (κ2) is 5.42. The summed E-state index contributed by atoms with van der Waals surface area (Å²) < 4.78 is 0.811. The van der Waals surface area contributed by atoms with E-state index in [0.717, 1.165) is 10.7 Å². The van der Waals surface area contributed by atoms with Gasteiger partial charge in [0.1, 0.15) is 0 Å². The van der Waals surface area contributed by atoms with Crippen molar-refractivity contribution in [2.45, 2.75) is 25.6 Å². The van der Waals surface area contributed by atoms with Crippen LogP contribution in [0.3, 0.4) is 0 Å². The molecule has 0 spiro atoms. The number of rotatable bonds is 2. The zero-order valence-corrected chi connectivity index (χ0v) is 10.9. The van der Waals surface area contributed by atoms with Gasteiger partial charge in [-0.05, 0) is 6.92 Å². The van der Waals surface area contributed by atoms with Gasteiger partial charge in [0.15, 0.2) is 0 Å². The fraction of sp³-hybridized carbons (Fsp3) is 0.455. The number of benzene rings is 1. The Morgan fingerprint density at radius 2 is 1.54 bits per heavy atom. The zero-order chi connectivity index (χ0) is 9.14. The molecule has 0 heterocycles. The summed E-state index contributed by atoms with van der Waals surface area (Å²) >= 11 is 1.26. The van der Waals surface area contributed by atoms with E-state index in [-0.39, 0.29) is 4.70 Å². The molecule has 1 aromatic rings. The van der Waals surface area contributed by atoms with Crippen molar-refractivity contribution in [2.24, 2.45) is 5.92 Å². The molecule has 0 bridgehead atoms. The van der Waals surface area contributed by atoms with Crippen LogP contribution in [0.25, 0.3) is 0 Å². The standard InChI is InChI=1S/C11H15.Al.FH.2H/c1-9(2)8-11-6-4-10(3)5-7-11;;;;/h4-9H,1-3H3;;1H;;. The monoisotopic (exact) mass is 196 g/mol. The first kappa shape index (κ1) is 12.7. The van der Waals surface area contributed by atoms with Crippen LogP contribution in [0.1, 0.15) is 29.8 Å². The summed E-state index contributed by atoms with van der Waals surface area (Å²) in [5.74, 6) is 0.791. The van der Waals surface area contributed by atoms with Gasteiger partial charge in [-0.3, -0.25) is 4.70 Å². The quantitative estimate of drug-likeness (QED) is 0.637. The molecule has 1 rings (SSSR count). The molecule has 0 radical (unpaired) electrons. The first-order valence-corrected chi connectivity index (χ1v) is 5.83. The first-order valence-electron chi connectivity index (χ1n) is 4.68. The molecule has 0 aromatic heterocycles. The van der Waals surface area contributed by atoms with Gasteiger partial charge >= 0.3 is 0 Å². The molecule has 2 heteroatoms. The lowest BCUT2D eigenvalue weighted by molar-refractivity contribution is 0.623. The van der Waals surface area contributed by atoms with Crippen molar-refractivity contribution in [1.29, 1.82) is 0 Å². The third-order valence-corrected chi connectivity index (χ3v) is 4.60. The predicted molar refractivity (Wildman–Crippen MR) is 59.8 cm³/mol. The third kappa shape index (κ3) is 3.50. The van der Waals surface area contributed by atoms with Crippen LogP contribution in [0.2, 0.25) is 0 Å². The molecular formula is C11H18AlF. The second-order valence-electron chi connectivity index (χ2n) is 3.94. The number of hydrogen-bond acceptors (Lipinski definition) is 0. The van der Waals surface area contributed by atoms with Crippen molar-refractivity contribution in [1.82, 2.24) is 0 Å². The first-order chi connectivity index (χ1) is 5.61. The smallest absolute Gasteiger partial charge is 0.223 e. The van der Waals surface area contributed by atoms with Crippen molar-refractivity contribution < 1.29 is 4.70 Å². The maximum Gasteiger partial charge on any atom is 0.223 e. The number of hydrogen-bond donors (Lipinski definition) is 0. The lowest BCUT2D eigenvalue weighted by atomic mass is 10.0. The van der Waals surface area contributed by atoms with Gasteiger partial charge in [-0.25, -0.2) is 0 Å². The van der Waals surface area contributed by atoms with E-state index in [4.69, 9.17) is 0 Å². The number of halogens is 1. The number of aryl methyl sites for hydroxylation is 1. The normalized spacial score (nSPS) is 12.3. The zero-order valence-electron chi connectivity index (χ0n) is 8.87. The fourth-order valence-corrected chi connectivity index (χ4v) is 1.64. The molecule has 0 nitrogen and oxygen atoms in total. The van der Waals surface area contributed by atoms with Crippen molar-refractivity contribution >= 4 is 16.3 Å². The molecule has 0 N–H and O–H groups in total. The summed E-state index contributed by atoms with van der Waals surface area (Å²) in [6.45, 7) is 6.75. The highest BCUT2D eigenvalue weighted by Crippen LogP contribution is 2.20. The van der Waals surface area contributed by atoms with E-state index in [1.54, 1.807) is 0 Å². The third-order valence-electron chi connectivity index (χ3n) is 2.60. The van der Waals surface area contributed by atoms with Gasteiger partial charge in [0.25, 0.3) is 0 Å². The van der Waals surface area contributed by atoms with Crippen molar-refractivity contribution in [3.05, 3.63) is 35.4 Å². The maximum absolute atomic E-state index is 2.30. The van der Waals surface area contributed by atoms with Crippen LogP contribution in [0.15, 0.2) is 24.3 Å². The van der Waals surface area contributed by atoms with Crippen LogP contribution in [0.4, 0.5) is 4.70 Å². The Hall–Kier alpha value is -0.318. The highest BCUT2D eigenvalue weighted by molar-refractivity contribution is 6.12. The van der Waals surface area contributed by atoms with E-state index in [9.17, 15) is 0 Å². The van der Waals surface area contributed by atoms with E-state index in [1.807, 2.05) is 0 Å². The molecule has 0 aliphatic carbocycles. The minimum atomic E-state index is 0.